The van der Waals surface area contributed by atoms with E-state index in [1.165, 1.54) is 30.6 Å². The second-order valence-corrected chi connectivity index (χ2v) is 7.63. The second-order valence-electron chi connectivity index (χ2n) is 5.58. The number of aryl methyl sites for hydroxylation is 1. The molecule has 0 aromatic heterocycles. The Balaban J connectivity index is 2.32. The molecule has 0 bridgehead atoms. The van der Waals surface area contributed by atoms with Crippen LogP contribution in [0, 0.1) is 6.92 Å². The third-order valence-corrected chi connectivity index (χ3v) is 5.66. The fraction of sp³-hybridized carbons (Fsp3) is 0.278. The van der Waals surface area contributed by atoms with Gasteiger partial charge in [0.1, 0.15) is 5.75 Å². The molecule has 0 unspecified atom stereocenters. The van der Waals surface area contributed by atoms with Gasteiger partial charge in [-0.3, -0.25) is 0 Å². The highest BCUT2D eigenvalue weighted by Crippen LogP contribution is 2.22. The zero-order chi connectivity index (χ0) is 18.6. The quantitative estimate of drug-likeness (QED) is 0.738. The summed E-state index contributed by atoms with van der Waals surface area (Å²) in [5.74, 6) is 0.0941. The maximum Gasteiger partial charge on any atom is 0.338 e. The molecule has 25 heavy (non-hydrogen) atoms. The highest BCUT2D eigenvalue weighted by Gasteiger charge is 2.23. The minimum atomic E-state index is -3.75. The first-order valence-corrected chi connectivity index (χ1v) is 9.02. The molecule has 134 valence electrons. The molecular weight excluding hydrogens is 342 g/mol. The van der Waals surface area contributed by atoms with Gasteiger partial charge in [0.2, 0.25) is 10.0 Å². The number of sulfonamides is 1. The van der Waals surface area contributed by atoms with Gasteiger partial charge in [0, 0.05) is 13.6 Å². The minimum absolute atomic E-state index is 0.0453. The molecule has 6 nitrogen and oxygen atoms in total. The average Bonchev–Trinajstić information content (AvgIpc) is 2.61. The van der Waals surface area contributed by atoms with Gasteiger partial charge in [-0.15, -0.1) is 0 Å². The van der Waals surface area contributed by atoms with Gasteiger partial charge in [0.15, 0.2) is 0 Å². The van der Waals surface area contributed by atoms with Crippen LogP contribution in [0.1, 0.15) is 21.5 Å². The molecule has 0 saturated heterocycles. The van der Waals surface area contributed by atoms with E-state index in [-0.39, 0.29) is 17.0 Å². The Morgan fingerprint density at radius 1 is 1.12 bits per heavy atom. The van der Waals surface area contributed by atoms with Crippen molar-refractivity contribution in [3.05, 3.63) is 59.2 Å². The van der Waals surface area contributed by atoms with E-state index in [0.717, 1.165) is 5.56 Å². The molecule has 0 aliphatic rings. The van der Waals surface area contributed by atoms with Crippen molar-refractivity contribution in [1.82, 2.24) is 4.31 Å². The molecule has 0 amide bonds. The Hall–Kier alpha value is -2.38. The van der Waals surface area contributed by atoms with Gasteiger partial charge in [-0.2, -0.15) is 4.31 Å². The summed E-state index contributed by atoms with van der Waals surface area (Å²) in [6.45, 7) is 1.91. The van der Waals surface area contributed by atoms with Crippen LogP contribution in [0.25, 0.3) is 0 Å². The summed E-state index contributed by atoms with van der Waals surface area (Å²) < 4.78 is 36.7. The van der Waals surface area contributed by atoms with Crippen LogP contribution < -0.4 is 4.74 Å². The largest absolute Gasteiger partial charge is 0.497 e. The predicted octanol–water partition coefficient (Wildman–Crippen LogP) is 2.61. The molecule has 0 spiro atoms. The minimum Gasteiger partial charge on any atom is -0.497 e. The Bertz CT molecular complexity index is 877. The lowest BCUT2D eigenvalue weighted by Gasteiger charge is -2.18. The molecule has 2 aromatic rings. The van der Waals surface area contributed by atoms with E-state index in [1.54, 1.807) is 38.3 Å². The summed E-state index contributed by atoms with van der Waals surface area (Å²) in [5, 5.41) is 0. The number of benzene rings is 2. The Morgan fingerprint density at radius 2 is 1.84 bits per heavy atom. The van der Waals surface area contributed by atoms with Crippen LogP contribution in [0.4, 0.5) is 0 Å². The van der Waals surface area contributed by atoms with Crippen LogP contribution in [0.2, 0.25) is 0 Å². The lowest BCUT2D eigenvalue weighted by atomic mass is 10.1. The normalized spacial score (nSPS) is 11.4. The number of carbonyl (C=O) groups is 1. The number of ether oxygens (including phenoxy) is 2. The smallest absolute Gasteiger partial charge is 0.338 e. The summed E-state index contributed by atoms with van der Waals surface area (Å²) in [6.07, 6.45) is 0. The third kappa shape index (κ3) is 4.18. The first-order chi connectivity index (χ1) is 11.8. The number of carbonyl (C=O) groups excluding carboxylic acids is 1. The summed E-state index contributed by atoms with van der Waals surface area (Å²) >= 11 is 0. The molecule has 0 atom stereocenters. The van der Waals surface area contributed by atoms with E-state index in [0.29, 0.717) is 11.3 Å². The molecule has 0 saturated carbocycles. The van der Waals surface area contributed by atoms with E-state index in [1.807, 2.05) is 6.07 Å². The molecule has 0 N–H and O–H groups in total. The molecule has 2 rings (SSSR count). The monoisotopic (exact) mass is 363 g/mol. The summed E-state index contributed by atoms with van der Waals surface area (Å²) in [6, 6.07) is 11.6. The van der Waals surface area contributed by atoms with Gasteiger partial charge in [0.25, 0.3) is 0 Å². The highest BCUT2D eigenvalue weighted by atomic mass is 32.2. The molecule has 2 aromatic carbocycles. The first kappa shape index (κ1) is 19.0. The van der Waals surface area contributed by atoms with Gasteiger partial charge in [-0.25, -0.2) is 13.2 Å². The van der Waals surface area contributed by atoms with Gasteiger partial charge in [0.05, 0.1) is 24.7 Å². The number of nitrogens with zero attached hydrogens (tertiary/aromatic N) is 1. The van der Waals surface area contributed by atoms with Crippen molar-refractivity contribution in [2.24, 2.45) is 0 Å². The molecule has 0 aliphatic heterocycles. The van der Waals surface area contributed by atoms with Crippen LogP contribution in [-0.4, -0.2) is 40.0 Å². The van der Waals surface area contributed by atoms with Crippen LogP contribution in [0.5, 0.6) is 5.75 Å². The average molecular weight is 363 g/mol. The molecule has 0 aliphatic carbocycles. The fourth-order valence-corrected chi connectivity index (χ4v) is 3.57. The first-order valence-electron chi connectivity index (χ1n) is 7.58. The third-order valence-electron chi connectivity index (χ3n) is 3.86. The summed E-state index contributed by atoms with van der Waals surface area (Å²) in [7, 11) is 0.557. The topological polar surface area (TPSA) is 72.9 Å². The summed E-state index contributed by atoms with van der Waals surface area (Å²) in [5.41, 5.74) is 1.69. The SMILES string of the molecule is COC(=O)c1cc(S(=O)(=O)N(C)Cc2cccc(OC)c2)ccc1C. The molecule has 0 radical (unpaired) electrons. The Kier molecular flexibility index (Phi) is 5.81. The molecule has 7 heteroatoms. The second kappa shape index (κ2) is 7.67. The van der Waals surface area contributed by atoms with E-state index in [2.05, 4.69) is 0 Å². The molecule has 0 heterocycles. The molecule has 0 fully saturated rings. The van der Waals surface area contributed by atoms with Crippen molar-refractivity contribution >= 4 is 16.0 Å². The van der Waals surface area contributed by atoms with Gasteiger partial charge in [-0.1, -0.05) is 18.2 Å². The predicted molar refractivity (Wildman–Crippen MR) is 94.2 cm³/mol. The van der Waals surface area contributed by atoms with Crippen LogP contribution in [-0.2, 0) is 21.3 Å². The van der Waals surface area contributed by atoms with Crippen molar-refractivity contribution in [2.45, 2.75) is 18.4 Å². The van der Waals surface area contributed by atoms with Gasteiger partial charge in [-0.05, 0) is 42.3 Å². The van der Waals surface area contributed by atoms with Gasteiger partial charge >= 0.3 is 5.97 Å². The number of hydrogen-bond donors (Lipinski definition) is 0. The fourth-order valence-electron chi connectivity index (χ4n) is 2.38. The van der Waals surface area contributed by atoms with Crippen LogP contribution >= 0.6 is 0 Å². The van der Waals surface area contributed by atoms with Crippen molar-refractivity contribution < 1.29 is 22.7 Å². The van der Waals surface area contributed by atoms with E-state index >= 15 is 0 Å². The van der Waals surface area contributed by atoms with Crippen molar-refractivity contribution in [1.29, 1.82) is 0 Å². The van der Waals surface area contributed by atoms with Crippen molar-refractivity contribution in [3.63, 3.8) is 0 Å². The Morgan fingerprint density at radius 3 is 2.48 bits per heavy atom. The number of methoxy groups -OCH3 is 2. The lowest BCUT2D eigenvalue weighted by Crippen LogP contribution is -2.26. The van der Waals surface area contributed by atoms with Crippen LogP contribution in [0.3, 0.4) is 0 Å². The van der Waals surface area contributed by atoms with Crippen molar-refractivity contribution in [3.8, 4) is 5.75 Å². The number of esters is 1. The van der Waals surface area contributed by atoms with E-state index < -0.39 is 16.0 Å². The number of rotatable bonds is 6. The van der Waals surface area contributed by atoms with Gasteiger partial charge < -0.3 is 9.47 Å². The zero-order valence-electron chi connectivity index (χ0n) is 14.6. The standard InChI is InChI=1S/C18H21NO5S/c1-13-8-9-16(11-17(13)18(20)24-4)25(21,22)19(2)12-14-6-5-7-15(10-14)23-3/h5-11H,12H2,1-4H3. The number of hydrogen-bond acceptors (Lipinski definition) is 5. The Labute approximate surface area is 148 Å². The zero-order valence-corrected chi connectivity index (χ0v) is 15.5. The molecular formula is C18H21NO5S. The maximum absolute atomic E-state index is 12.8. The highest BCUT2D eigenvalue weighted by molar-refractivity contribution is 7.89. The maximum atomic E-state index is 12.8. The van der Waals surface area contributed by atoms with E-state index in [4.69, 9.17) is 9.47 Å². The summed E-state index contributed by atoms with van der Waals surface area (Å²) in [4.78, 5) is 11.8. The van der Waals surface area contributed by atoms with Crippen molar-refractivity contribution in [2.75, 3.05) is 21.3 Å². The van der Waals surface area contributed by atoms with E-state index in [9.17, 15) is 13.2 Å². The lowest BCUT2D eigenvalue weighted by molar-refractivity contribution is 0.0599. The van der Waals surface area contributed by atoms with Crippen LogP contribution in [0.15, 0.2) is 47.4 Å².